The number of nitrogens with zero attached hydrogens (tertiary/aromatic N) is 3. The van der Waals surface area contributed by atoms with Crippen molar-refractivity contribution in [1.29, 1.82) is 0 Å². The van der Waals surface area contributed by atoms with Crippen LogP contribution in [0.4, 0.5) is 0 Å². The smallest absolute Gasteiger partial charge is 0.254 e. The molecule has 1 atom stereocenters. The largest absolute Gasteiger partial charge is 0.378 e. The topological polar surface area (TPSA) is 72.0 Å². The molecular formula is C23H29N3O4. The number of ether oxygens (including phenoxy) is 2. The summed E-state index contributed by atoms with van der Waals surface area (Å²) in [5, 5.41) is 0.865. The Labute approximate surface area is 177 Å². The number of fused-ring (bicyclic) bond motifs is 1. The van der Waals surface area contributed by atoms with Gasteiger partial charge in [0.15, 0.2) is 0 Å². The van der Waals surface area contributed by atoms with E-state index < -0.39 is 5.60 Å². The van der Waals surface area contributed by atoms with E-state index in [2.05, 4.69) is 0 Å². The first-order valence-electron chi connectivity index (χ1n) is 10.5. The Morgan fingerprint density at radius 2 is 1.87 bits per heavy atom. The molecule has 2 aromatic rings. The highest BCUT2D eigenvalue weighted by atomic mass is 16.5. The lowest BCUT2D eigenvalue weighted by Crippen LogP contribution is -2.45. The summed E-state index contributed by atoms with van der Waals surface area (Å²) in [5.41, 5.74) is 1.52. The summed E-state index contributed by atoms with van der Waals surface area (Å²) in [6, 6.07) is 9.70. The fourth-order valence-electron chi connectivity index (χ4n) is 4.17. The molecule has 2 amide bonds. The molecule has 7 nitrogen and oxygen atoms in total. The molecule has 160 valence electrons. The van der Waals surface area contributed by atoms with Gasteiger partial charge in [-0.05, 0) is 32.4 Å². The van der Waals surface area contributed by atoms with Crippen LogP contribution in [-0.2, 0) is 14.3 Å². The van der Waals surface area contributed by atoms with E-state index in [1.165, 1.54) is 0 Å². The predicted octanol–water partition coefficient (Wildman–Crippen LogP) is 2.45. The number of morpholine rings is 1. The van der Waals surface area contributed by atoms with Crippen molar-refractivity contribution >= 4 is 22.7 Å². The lowest BCUT2D eigenvalue weighted by molar-refractivity contribution is -0.149. The zero-order valence-electron chi connectivity index (χ0n) is 17.9. The highest BCUT2D eigenvalue weighted by molar-refractivity contribution is 6.06. The number of pyridine rings is 1. The number of carbonyl (C=O) groups is 2. The van der Waals surface area contributed by atoms with Gasteiger partial charge < -0.3 is 19.3 Å². The van der Waals surface area contributed by atoms with Crippen molar-refractivity contribution in [2.45, 2.75) is 31.8 Å². The number of likely N-dealkylation sites (tertiary alicyclic amines) is 1. The maximum atomic E-state index is 13.3. The molecular weight excluding hydrogens is 382 g/mol. The van der Waals surface area contributed by atoms with Gasteiger partial charge in [-0.25, -0.2) is 0 Å². The van der Waals surface area contributed by atoms with Crippen molar-refractivity contribution in [3.63, 3.8) is 0 Å². The molecule has 3 heterocycles. The number of benzene rings is 1. The van der Waals surface area contributed by atoms with Crippen molar-refractivity contribution in [1.82, 2.24) is 14.8 Å². The first-order valence-corrected chi connectivity index (χ1v) is 10.5. The third-order valence-electron chi connectivity index (χ3n) is 6.18. The molecule has 0 radical (unpaired) electrons. The van der Waals surface area contributed by atoms with E-state index in [1.54, 1.807) is 21.0 Å². The standard InChI is InChI=1S/C23H29N3O4/c1-23(2,29-3)22(28)26-9-8-16(15-26)20-14-18(17-6-4-5-7-19(17)24-20)21(27)25-10-12-30-13-11-25/h4-7,14,16H,8-13,15H2,1-3H3/t16-/m0/s1. The second kappa shape index (κ2) is 8.32. The number of methoxy groups -OCH3 is 1. The van der Waals surface area contributed by atoms with Crippen molar-refractivity contribution in [2.24, 2.45) is 0 Å². The number of rotatable bonds is 4. The first kappa shape index (κ1) is 20.8. The van der Waals surface area contributed by atoms with Crippen LogP contribution in [0.1, 0.15) is 42.2 Å². The van der Waals surface area contributed by atoms with Gasteiger partial charge in [0, 0.05) is 50.3 Å². The molecule has 2 saturated heterocycles. The average molecular weight is 412 g/mol. The third kappa shape index (κ3) is 3.91. The summed E-state index contributed by atoms with van der Waals surface area (Å²) < 4.78 is 10.8. The van der Waals surface area contributed by atoms with E-state index in [0.717, 1.165) is 23.0 Å². The summed E-state index contributed by atoms with van der Waals surface area (Å²) in [5.74, 6) is 0.102. The predicted molar refractivity (Wildman–Crippen MR) is 113 cm³/mol. The number of aromatic nitrogens is 1. The number of carbonyl (C=O) groups excluding carboxylic acids is 2. The van der Waals surface area contributed by atoms with Crippen molar-refractivity contribution in [3.05, 3.63) is 41.6 Å². The minimum atomic E-state index is -0.844. The molecule has 0 saturated carbocycles. The monoisotopic (exact) mass is 411 g/mol. The minimum Gasteiger partial charge on any atom is -0.378 e. The fraction of sp³-hybridized carbons (Fsp3) is 0.522. The van der Waals surface area contributed by atoms with E-state index in [-0.39, 0.29) is 17.7 Å². The van der Waals surface area contributed by atoms with Crippen LogP contribution < -0.4 is 0 Å². The van der Waals surface area contributed by atoms with Gasteiger partial charge in [-0.3, -0.25) is 14.6 Å². The van der Waals surface area contributed by atoms with Crippen LogP contribution in [0.2, 0.25) is 0 Å². The lowest BCUT2D eigenvalue weighted by Gasteiger charge is -2.28. The summed E-state index contributed by atoms with van der Waals surface area (Å²) in [4.78, 5) is 34.6. The number of hydrogen-bond donors (Lipinski definition) is 0. The summed E-state index contributed by atoms with van der Waals surface area (Å²) in [7, 11) is 1.56. The second-order valence-corrected chi connectivity index (χ2v) is 8.47. The maximum absolute atomic E-state index is 13.3. The molecule has 0 unspecified atom stereocenters. The summed E-state index contributed by atoms with van der Waals surface area (Å²) >= 11 is 0. The number of hydrogen-bond acceptors (Lipinski definition) is 5. The zero-order valence-corrected chi connectivity index (χ0v) is 17.9. The average Bonchev–Trinajstić information content (AvgIpc) is 3.28. The van der Waals surface area contributed by atoms with Crippen molar-refractivity contribution in [3.8, 4) is 0 Å². The number of para-hydroxylation sites is 1. The molecule has 1 aromatic carbocycles. The minimum absolute atomic E-state index is 0.0158. The zero-order chi connectivity index (χ0) is 21.3. The quantitative estimate of drug-likeness (QED) is 0.773. The van der Waals surface area contributed by atoms with Gasteiger partial charge in [0.05, 0.1) is 24.3 Å². The van der Waals surface area contributed by atoms with Crippen molar-refractivity contribution in [2.75, 3.05) is 46.5 Å². The summed E-state index contributed by atoms with van der Waals surface area (Å²) in [6.45, 7) is 7.16. The molecule has 0 N–H and O–H groups in total. The van der Waals surface area contributed by atoms with Gasteiger partial charge >= 0.3 is 0 Å². The van der Waals surface area contributed by atoms with Gasteiger partial charge in [0.2, 0.25) is 0 Å². The maximum Gasteiger partial charge on any atom is 0.254 e. The van der Waals surface area contributed by atoms with Crippen molar-refractivity contribution < 1.29 is 19.1 Å². The molecule has 2 fully saturated rings. The highest BCUT2D eigenvalue weighted by Crippen LogP contribution is 2.31. The van der Waals surface area contributed by atoms with Crippen LogP contribution >= 0.6 is 0 Å². The Balaban J connectivity index is 1.64. The molecule has 2 aliphatic heterocycles. The van der Waals surface area contributed by atoms with E-state index in [9.17, 15) is 9.59 Å². The van der Waals surface area contributed by atoms with Gasteiger partial charge in [-0.15, -0.1) is 0 Å². The Morgan fingerprint density at radius 1 is 1.13 bits per heavy atom. The SMILES string of the molecule is COC(C)(C)C(=O)N1CC[C@H](c2cc(C(=O)N3CCOCC3)c3ccccc3n2)C1. The van der Waals surface area contributed by atoms with Gasteiger partial charge in [0.25, 0.3) is 11.8 Å². The Kier molecular flexibility index (Phi) is 5.75. The van der Waals surface area contributed by atoms with E-state index in [0.29, 0.717) is 45.0 Å². The van der Waals surface area contributed by atoms with Crippen LogP contribution in [0, 0.1) is 0 Å². The van der Waals surface area contributed by atoms with E-state index in [1.807, 2.05) is 40.1 Å². The van der Waals surface area contributed by atoms with Gasteiger partial charge in [-0.2, -0.15) is 0 Å². The van der Waals surface area contributed by atoms with Crippen LogP contribution in [0.25, 0.3) is 10.9 Å². The second-order valence-electron chi connectivity index (χ2n) is 8.47. The Bertz CT molecular complexity index is 953. The molecule has 7 heteroatoms. The lowest BCUT2D eigenvalue weighted by atomic mass is 9.98. The molecule has 2 aliphatic rings. The molecule has 1 aromatic heterocycles. The Morgan fingerprint density at radius 3 is 2.60 bits per heavy atom. The van der Waals surface area contributed by atoms with Crippen LogP contribution in [0.15, 0.2) is 30.3 Å². The normalized spacial score (nSPS) is 20.0. The van der Waals surface area contributed by atoms with Crippen LogP contribution in [-0.4, -0.2) is 78.7 Å². The van der Waals surface area contributed by atoms with E-state index in [4.69, 9.17) is 14.5 Å². The molecule has 0 bridgehead atoms. The Hall–Kier alpha value is -2.51. The van der Waals surface area contributed by atoms with E-state index >= 15 is 0 Å². The third-order valence-corrected chi connectivity index (χ3v) is 6.18. The van der Waals surface area contributed by atoms with Gasteiger partial charge in [-0.1, -0.05) is 18.2 Å². The highest BCUT2D eigenvalue weighted by Gasteiger charge is 2.37. The molecule has 30 heavy (non-hydrogen) atoms. The fourth-order valence-corrected chi connectivity index (χ4v) is 4.17. The molecule has 0 aliphatic carbocycles. The first-order chi connectivity index (χ1) is 14.4. The number of amides is 2. The molecule has 0 spiro atoms. The summed E-state index contributed by atoms with van der Waals surface area (Å²) in [6.07, 6.45) is 0.821. The van der Waals surface area contributed by atoms with Gasteiger partial charge in [0.1, 0.15) is 5.60 Å². The van der Waals surface area contributed by atoms with Crippen LogP contribution in [0.3, 0.4) is 0 Å². The molecule has 4 rings (SSSR count). The van der Waals surface area contributed by atoms with Crippen LogP contribution in [0.5, 0.6) is 0 Å².